The predicted molar refractivity (Wildman–Crippen MR) is 103 cm³/mol. The first-order chi connectivity index (χ1) is 13.1. The number of hydrogen-bond acceptors (Lipinski definition) is 4. The zero-order valence-corrected chi connectivity index (χ0v) is 15.6. The number of hydrogen-bond donors (Lipinski definition) is 0. The maximum Gasteiger partial charge on any atom is 0.248 e. The van der Waals surface area contributed by atoms with Gasteiger partial charge in [0.2, 0.25) is 5.91 Å². The molecule has 1 aliphatic rings. The number of amides is 1. The molecule has 0 bridgehead atoms. The van der Waals surface area contributed by atoms with Crippen LogP contribution in [0.4, 0.5) is 5.69 Å². The molecular formula is C21H21N3O3. The molecule has 6 nitrogen and oxygen atoms in total. The van der Waals surface area contributed by atoms with E-state index in [4.69, 9.17) is 9.47 Å². The van der Waals surface area contributed by atoms with Gasteiger partial charge in [-0.3, -0.25) is 9.48 Å². The highest BCUT2D eigenvalue weighted by Gasteiger charge is 2.24. The van der Waals surface area contributed by atoms with Crippen LogP contribution in [0.25, 0.3) is 11.3 Å². The van der Waals surface area contributed by atoms with Crippen molar-refractivity contribution in [2.75, 3.05) is 19.1 Å². The van der Waals surface area contributed by atoms with Crippen molar-refractivity contribution in [1.29, 1.82) is 0 Å². The molecule has 0 N–H and O–H groups in total. The molecule has 0 saturated carbocycles. The van der Waals surface area contributed by atoms with Crippen LogP contribution in [-0.2, 0) is 17.9 Å². The Balaban J connectivity index is 1.60. The molecule has 4 rings (SSSR count). The van der Waals surface area contributed by atoms with Crippen LogP contribution >= 0.6 is 0 Å². The third-order valence-electron chi connectivity index (χ3n) is 4.81. The molecule has 2 aromatic carbocycles. The molecule has 3 aromatic rings. The van der Waals surface area contributed by atoms with Gasteiger partial charge in [0.1, 0.15) is 24.7 Å². The average molecular weight is 363 g/mol. The summed E-state index contributed by atoms with van der Waals surface area (Å²) < 4.78 is 12.7. The summed E-state index contributed by atoms with van der Waals surface area (Å²) in [6, 6.07) is 13.5. The van der Waals surface area contributed by atoms with Gasteiger partial charge < -0.3 is 14.4 Å². The normalized spacial score (nSPS) is 12.0. The number of carbonyl (C=O) groups excluding carboxylic acids is 1. The van der Waals surface area contributed by atoms with Gasteiger partial charge in [-0.1, -0.05) is 11.6 Å². The van der Waals surface area contributed by atoms with Crippen LogP contribution in [0.1, 0.15) is 11.1 Å². The lowest BCUT2D eigenvalue weighted by molar-refractivity contribution is -0.119. The van der Waals surface area contributed by atoms with Crippen LogP contribution in [-0.4, -0.2) is 29.8 Å². The number of methoxy groups -OCH3 is 1. The summed E-state index contributed by atoms with van der Waals surface area (Å²) in [6.45, 7) is 2.66. The number of ether oxygens (including phenoxy) is 2. The number of likely N-dealkylation sites (N-methyl/N-ethyl adjacent to an activating group) is 1. The number of fused-ring (bicyclic) bond motifs is 3. The van der Waals surface area contributed by atoms with Crippen molar-refractivity contribution in [1.82, 2.24) is 9.78 Å². The molecule has 0 aliphatic carbocycles. The fourth-order valence-corrected chi connectivity index (χ4v) is 3.26. The second-order valence-corrected chi connectivity index (χ2v) is 6.62. The van der Waals surface area contributed by atoms with E-state index in [2.05, 4.69) is 11.2 Å². The first-order valence-electron chi connectivity index (χ1n) is 8.76. The molecule has 2 heterocycles. The molecule has 1 aliphatic heterocycles. The monoisotopic (exact) mass is 363 g/mol. The molecule has 27 heavy (non-hydrogen) atoms. The summed E-state index contributed by atoms with van der Waals surface area (Å²) in [5.41, 5.74) is 4.87. The summed E-state index contributed by atoms with van der Waals surface area (Å²) >= 11 is 0. The van der Waals surface area contributed by atoms with Gasteiger partial charge in [0.15, 0.2) is 0 Å². The van der Waals surface area contributed by atoms with E-state index < -0.39 is 0 Å². The first-order valence-corrected chi connectivity index (χ1v) is 8.76. The highest BCUT2D eigenvalue weighted by Crippen LogP contribution is 2.38. The Hall–Kier alpha value is -3.28. The lowest BCUT2D eigenvalue weighted by Crippen LogP contribution is -2.30. The van der Waals surface area contributed by atoms with Crippen LogP contribution in [0.3, 0.4) is 0 Å². The highest BCUT2D eigenvalue weighted by molar-refractivity contribution is 5.93. The minimum atomic E-state index is -0.0493. The van der Waals surface area contributed by atoms with Gasteiger partial charge in [0.05, 0.1) is 19.0 Å². The fourth-order valence-electron chi connectivity index (χ4n) is 3.26. The molecule has 0 fully saturated rings. The lowest BCUT2D eigenvalue weighted by Gasteiger charge is -2.21. The minimum absolute atomic E-state index is 0.0493. The molecule has 1 amide bonds. The van der Waals surface area contributed by atoms with Crippen molar-refractivity contribution in [3.8, 4) is 22.8 Å². The summed E-state index contributed by atoms with van der Waals surface area (Å²) in [4.78, 5) is 14.5. The smallest absolute Gasteiger partial charge is 0.248 e. The van der Waals surface area contributed by atoms with E-state index in [1.165, 1.54) is 0 Å². The Kier molecular flexibility index (Phi) is 4.32. The topological polar surface area (TPSA) is 56.6 Å². The van der Waals surface area contributed by atoms with E-state index >= 15 is 0 Å². The van der Waals surface area contributed by atoms with Crippen LogP contribution in [0.2, 0.25) is 0 Å². The second kappa shape index (κ2) is 6.79. The van der Waals surface area contributed by atoms with E-state index in [9.17, 15) is 4.79 Å². The summed E-state index contributed by atoms with van der Waals surface area (Å²) in [6.07, 6.45) is 1.78. The van der Waals surface area contributed by atoms with Gasteiger partial charge in [-0.2, -0.15) is 5.10 Å². The van der Waals surface area contributed by atoms with Crippen LogP contribution in [0.5, 0.6) is 11.5 Å². The number of aryl methyl sites for hydroxylation is 1. The van der Waals surface area contributed by atoms with Crippen molar-refractivity contribution in [3.63, 3.8) is 0 Å². The van der Waals surface area contributed by atoms with Gasteiger partial charge in [-0.25, -0.2) is 0 Å². The molecule has 0 atom stereocenters. The Bertz CT molecular complexity index is 992. The number of carbonyl (C=O) groups is 1. The van der Waals surface area contributed by atoms with E-state index in [1.807, 2.05) is 43.3 Å². The van der Waals surface area contributed by atoms with Crippen LogP contribution < -0.4 is 14.4 Å². The summed E-state index contributed by atoms with van der Waals surface area (Å²) in [7, 11) is 3.38. The van der Waals surface area contributed by atoms with Gasteiger partial charge in [-0.15, -0.1) is 0 Å². The molecule has 138 valence electrons. The Morgan fingerprint density at radius 2 is 2.04 bits per heavy atom. The largest absolute Gasteiger partial charge is 0.497 e. The predicted octanol–water partition coefficient (Wildman–Crippen LogP) is 3.42. The van der Waals surface area contributed by atoms with E-state index in [0.717, 1.165) is 39.6 Å². The Labute approximate surface area is 157 Å². The molecule has 1 aromatic heterocycles. The zero-order valence-electron chi connectivity index (χ0n) is 15.6. The van der Waals surface area contributed by atoms with Crippen molar-refractivity contribution in [2.24, 2.45) is 0 Å². The maximum atomic E-state index is 12.8. The second-order valence-electron chi connectivity index (χ2n) is 6.62. The molecule has 0 saturated heterocycles. The number of rotatable bonds is 4. The van der Waals surface area contributed by atoms with Crippen molar-refractivity contribution in [2.45, 2.75) is 20.1 Å². The Morgan fingerprint density at radius 1 is 1.26 bits per heavy atom. The van der Waals surface area contributed by atoms with Gasteiger partial charge >= 0.3 is 0 Å². The van der Waals surface area contributed by atoms with Crippen LogP contribution in [0.15, 0.2) is 48.7 Å². The van der Waals surface area contributed by atoms with Gasteiger partial charge in [0.25, 0.3) is 0 Å². The number of benzene rings is 2. The van der Waals surface area contributed by atoms with Crippen molar-refractivity contribution in [3.05, 3.63) is 59.8 Å². The third-order valence-corrected chi connectivity index (χ3v) is 4.81. The summed E-state index contributed by atoms with van der Waals surface area (Å²) in [5.74, 6) is 1.53. The molecule has 0 spiro atoms. The highest BCUT2D eigenvalue weighted by atomic mass is 16.5. The Morgan fingerprint density at radius 3 is 2.78 bits per heavy atom. The average Bonchev–Trinajstić information content (AvgIpc) is 3.10. The first kappa shape index (κ1) is 17.1. The van der Waals surface area contributed by atoms with E-state index in [1.54, 1.807) is 29.9 Å². The fraction of sp³-hybridized carbons (Fsp3) is 0.238. The van der Waals surface area contributed by atoms with Crippen molar-refractivity contribution >= 4 is 11.6 Å². The van der Waals surface area contributed by atoms with Gasteiger partial charge in [0, 0.05) is 23.9 Å². The molecule has 0 unspecified atom stereocenters. The van der Waals surface area contributed by atoms with Crippen LogP contribution in [0, 0.1) is 6.92 Å². The lowest BCUT2D eigenvalue weighted by atomic mass is 10.0. The summed E-state index contributed by atoms with van der Waals surface area (Å²) in [5, 5.41) is 4.44. The number of aromatic nitrogens is 2. The minimum Gasteiger partial charge on any atom is -0.497 e. The molecular weight excluding hydrogens is 342 g/mol. The molecule has 6 heteroatoms. The van der Waals surface area contributed by atoms with Crippen molar-refractivity contribution < 1.29 is 14.3 Å². The van der Waals surface area contributed by atoms with E-state index in [-0.39, 0.29) is 12.5 Å². The third kappa shape index (κ3) is 3.14. The standard InChI is InChI=1S/C21H21N3O3/c1-14-4-9-19-18(10-14)21-15(13-27-19)11-22-24(21)12-20(25)23(2)16-5-7-17(26-3)8-6-16/h4-11H,12-13H2,1-3H3. The van der Waals surface area contributed by atoms with Gasteiger partial charge in [-0.05, 0) is 43.3 Å². The zero-order chi connectivity index (χ0) is 19.0. The SMILES string of the molecule is COc1ccc(N(C)C(=O)Cn2ncc3c2-c2cc(C)ccc2OC3)cc1. The number of nitrogens with zero attached hydrogens (tertiary/aromatic N) is 3. The quantitative estimate of drug-likeness (QED) is 0.713. The number of anilines is 1. The van der Waals surface area contributed by atoms with E-state index in [0.29, 0.717) is 6.61 Å². The maximum absolute atomic E-state index is 12.8. The molecule has 0 radical (unpaired) electrons.